The SMILES string of the molecule is C[C@]1(O)C(n2cc(I)c3c(N)ncnc32)OC(CO)[C@H]1O. The van der Waals surface area contributed by atoms with Crippen molar-refractivity contribution in [2.45, 2.75) is 31.0 Å². The second-order valence-corrected chi connectivity index (χ2v) is 6.38. The summed E-state index contributed by atoms with van der Waals surface area (Å²) in [6, 6.07) is 0. The number of anilines is 1. The van der Waals surface area contributed by atoms with Crippen LogP contribution >= 0.6 is 22.6 Å². The fourth-order valence-electron chi connectivity index (χ4n) is 2.63. The highest BCUT2D eigenvalue weighted by atomic mass is 127. The highest BCUT2D eigenvalue weighted by molar-refractivity contribution is 14.1. The molecule has 1 aliphatic rings. The van der Waals surface area contributed by atoms with E-state index in [9.17, 15) is 15.3 Å². The van der Waals surface area contributed by atoms with Crippen LogP contribution < -0.4 is 5.73 Å². The van der Waals surface area contributed by atoms with Crippen LogP contribution in [0.1, 0.15) is 13.2 Å². The number of ether oxygens (including phenoxy) is 1. The van der Waals surface area contributed by atoms with Crippen molar-refractivity contribution < 1.29 is 20.1 Å². The van der Waals surface area contributed by atoms with Gasteiger partial charge in [0.05, 0.1) is 12.0 Å². The normalized spacial score (nSPS) is 32.9. The van der Waals surface area contributed by atoms with Gasteiger partial charge in [-0.05, 0) is 29.5 Å². The van der Waals surface area contributed by atoms with Gasteiger partial charge in [0.1, 0.15) is 35.6 Å². The van der Waals surface area contributed by atoms with Crippen molar-refractivity contribution in [1.29, 1.82) is 0 Å². The predicted molar refractivity (Wildman–Crippen MR) is 82.3 cm³/mol. The predicted octanol–water partition coefficient (Wildman–Crippen LogP) is -0.380. The molecule has 21 heavy (non-hydrogen) atoms. The Balaban J connectivity index is 2.15. The summed E-state index contributed by atoms with van der Waals surface area (Å²) in [4.78, 5) is 8.13. The summed E-state index contributed by atoms with van der Waals surface area (Å²) in [6.07, 6.45) is 0.0986. The second-order valence-electron chi connectivity index (χ2n) is 5.22. The zero-order chi connectivity index (χ0) is 15.4. The quantitative estimate of drug-likeness (QED) is 0.501. The average Bonchev–Trinajstić information content (AvgIpc) is 2.87. The maximum atomic E-state index is 10.5. The van der Waals surface area contributed by atoms with E-state index in [2.05, 4.69) is 32.6 Å². The van der Waals surface area contributed by atoms with E-state index in [0.29, 0.717) is 16.9 Å². The molecule has 3 rings (SSSR count). The Kier molecular flexibility index (Phi) is 3.56. The molecular weight excluding hydrogens is 391 g/mol. The third-order valence-electron chi connectivity index (χ3n) is 3.78. The minimum atomic E-state index is -1.57. The van der Waals surface area contributed by atoms with Gasteiger partial charge in [-0.3, -0.25) is 0 Å². The number of aliphatic hydroxyl groups is 3. The summed E-state index contributed by atoms with van der Waals surface area (Å²) in [5, 5.41) is 30.5. The Morgan fingerprint density at radius 3 is 2.86 bits per heavy atom. The number of aliphatic hydroxyl groups excluding tert-OH is 2. The number of nitrogens with two attached hydrogens (primary N) is 1. The Morgan fingerprint density at radius 2 is 2.24 bits per heavy atom. The largest absolute Gasteiger partial charge is 0.394 e. The first-order valence-corrected chi connectivity index (χ1v) is 7.39. The summed E-state index contributed by atoms with van der Waals surface area (Å²) in [6.45, 7) is 1.07. The molecule has 0 aromatic carbocycles. The number of rotatable bonds is 2. The van der Waals surface area contributed by atoms with Crippen LogP contribution in [-0.4, -0.2) is 54.3 Å². The summed E-state index contributed by atoms with van der Waals surface area (Å²) in [5.41, 5.74) is 4.79. The molecule has 114 valence electrons. The molecule has 0 aliphatic carbocycles. The van der Waals surface area contributed by atoms with E-state index in [0.717, 1.165) is 3.57 Å². The van der Waals surface area contributed by atoms with E-state index in [-0.39, 0.29) is 6.61 Å². The molecule has 1 saturated heterocycles. The first-order chi connectivity index (χ1) is 9.87. The van der Waals surface area contributed by atoms with Gasteiger partial charge >= 0.3 is 0 Å². The minimum absolute atomic E-state index is 0.333. The van der Waals surface area contributed by atoms with Crippen LogP contribution in [0.3, 0.4) is 0 Å². The highest BCUT2D eigenvalue weighted by Gasteiger charge is 2.53. The second kappa shape index (κ2) is 5.02. The molecule has 3 heterocycles. The molecule has 4 atom stereocenters. The monoisotopic (exact) mass is 406 g/mol. The standard InChI is InChI=1S/C12H15IN4O4/c1-12(20)8(19)6(3-18)21-11(12)17-2-5(13)7-9(14)15-4-16-10(7)17/h2,4,6,8,11,18-20H,3H2,1H3,(H2,14,15,16)/t6?,8-,11?,12-/m1/s1. The Morgan fingerprint density at radius 1 is 1.52 bits per heavy atom. The molecule has 0 saturated carbocycles. The van der Waals surface area contributed by atoms with E-state index in [1.165, 1.54) is 13.3 Å². The molecule has 8 nitrogen and oxygen atoms in total. The molecule has 2 aromatic rings. The maximum Gasteiger partial charge on any atom is 0.167 e. The molecule has 0 bridgehead atoms. The number of halogens is 1. The average molecular weight is 406 g/mol. The van der Waals surface area contributed by atoms with Crippen LogP contribution in [0.15, 0.2) is 12.5 Å². The van der Waals surface area contributed by atoms with Crippen molar-refractivity contribution in [3.63, 3.8) is 0 Å². The third kappa shape index (κ3) is 2.11. The van der Waals surface area contributed by atoms with Crippen LogP contribution in [0.25, 0.3) is 11.0 Å². The zero-order valence-corrected chi connectivity index (χ0v) is 13.3. The topological polar surface area (TPSA) is 127 Å². The van der Waals surface area contributed by atoms with Gasteiger partial charge in [0.2, 0.25) is 0 Å². The Labute approximate surface area is 133 Å². The number of nitrogens with zero attached hydrogens (tertiary/aromatic N) is 3. The molecule has 5 N–H and O–H groups in total. The number of hydrogen-bond acceptors (Lipinski definition) is 7. The molecule has 9 heteroatoms. The molecular formula is C12H15IN4O4. The minimum Gasteiger partial charge on any atom is -0.394 e. The van der Waals surface area contributed by atoms with Crippen molar-refractivity contribution in [2.75, 3.05) is 12.3 Å². The van der Waals surface area contributed by atoms with Gasteiger partial charge in [0.15, 0.2) is 6.23 Å². The van der Waals surface area contributed by atoms with E-state index in [1.54, 1.807) is 10.8 Å². The van der Waals surface area contributed by atoms with Crippen molar-refractivity contribution in [3.8, 4) is 0 Å². The van der Waals surface area contributed by atoms with Crippen LogP contribution in [0.4, 0.5) is 5.82 Å². The van der Waals surface area contributed by atoms with Crippen LogP contribution in [0.5, 0.6) is 0 Å². The highest BCUT2D eigenvalue weighted by Crippen LogP contribution is 2.40. The van der Waals surface area contributed by atoms with E-state index >= 15 is 0 Å². The number of nitrogen functional groups attached to an aromatic ring is 1. The number of fused-ring (bicyclic) bond motifs is 1. The summed E-state index contributed by atoms with van der Waals surface area (Å²) in [7, 11) is 0. The van der Waals surface area contributed by atoms with Gasteiger partial charge in [-0.2, -0.15) is 0 Å². The van der Waals surface area contributed by atoms with Gasteiger partial charge in [-0.25, -0.2) is 9.97 Å². The molecule has 0 spiro atoms. The maximum absolute atomic E-state index is 10.5. The summed E-state index contributed by atoms with van der Waals surface area (Å²) >= 11 is 2.09. The van der Waals surface area contributed by atoms with Gasteiger partial charge < -0.3 is 30.4 Å². The first kappa shape index (κ1) is 14.9. The summed E-state index contributed by atoms with van der Waals surface area (Å²) < 4.78 is 8.01. The fourth-order valence-corrected chi connectivity index (χ4v) is 3.45. The Hall–Kier alpha value is -1.01. The van der Waals surface area contributed by atoms with Crippen molar-refractivity contribution in [3.05, 3.63) is 16.1 Å². The van der Waals surface area contributed by atoms with E-state index in [1.807, 2.05) is 0 Å². The van der Waals surface area contributed by atoms with Crippen molar-refractivity contribution in [2.24, 2.45) is 0 Å². The van der Waals surface area contributed by atoms with E-state index < -0.39 is 24.0 Å². The molecule has 1 fully saturated rings. The lowest BCUT2D eigenvalue weighted by molar-refractivity contribution is -0.0948. The molecule has 2 aromatic heterocycles. The molecule has 2 unspecified atom stereocenters. The van der Waals surface area contributed by atoms with E-state index in [4.69, 9.17) is 10.5 Å². The van der Waals surface area contributed by atoms with Crippen LogP contribution in [0.2, 0.25) is 0 Å². The lowest BCUT2D eigenvalue weighted by Crippen LogP contribution is -2.44. The molecule has 1 aliphatic heterocycles. The lowest BCUT2D eigenvalue weighted by Gasteiger charge is -2.27. The molecule has 0 radical (unpaired) electrons. The first-order valence-electron chi connectivity index (χ1n) is 6.31. The summed E-state index contributed by atoms with van der Waals surface area (Å²) in [5.74, 6) is 0.333. The van der Waals surface area contributed by atoms with Gasteiger partial charge in [-0.15, -0.1) is 0 Å². The van der Waals surface area contributed by atoms with Gasteiger partial charge in [0, 0.05) is 9.77 Å². The Bertz CT molecular complexity index is 689. The van der Waals surface area contributed by atoms with Crippen molar-refractivity contribution >= 4 is 39.4 Å². The van der Waals surface area contributed by atoms with Crippen LogP contribution in [-0.2, 0) is 4.74 Å². The number of hydrogen-bond donors (Lipinski definition) is 4. The van der Waals surface area contributed by atoms with Crippen LogP contribution in [0, 0.1) is 3.57 Å². The smallest absolute Gasteiger partial charge is 0.167 e. The molecule has 0 amide bonds. The zero-order valence-electron chi connectivity index (χ0n) is 11.1. The fraction of sp³-hybridized carbons (Fsp3) is 0.500. The number of aromatic nitrogens is 3. The van der Waals surface area contributed by atoms with Gasteiger partial charge in [-0.1, -0.05) is 0 Å². The van der Waals surface area contributed by atoms with Gasteiger partial charge in [0.25, 0.3) is 0 Å². The lowest BCUT2D eigenvalue weighted by atomic mass is 9.96. The third-order valence-corrected chi connectivity index (χ3v) is 4.60. The van der Waals surface area contributed by atoms with Crippen molar-refractivity contribution in [1.82, 2.24) is 14.5 Å².